The minimum Gasteiger partial charge on any atom is -1.00 e. The summed E-state index contributed by atoms with van der Waals surface area (Å²) in [6, 6.07) is 6.35. The Morgan fingerprint density at radius 1 is 1.24 bits per heavy atom. The van der Waals surface area contributed by atoms with E-state index in [0.717, 1.165) is 12.8 Å². The molecule has 0 amide bonds. The van der Waals surface area contributed by atoms with Crippen LogP contribution < -0.4 is 24.8 Å². The Bertz CT molecular complexity index is 475. The molecule has 0 saturated carbocycles. The van der Waals surface area contributed by atoms with Gasteiger partial charge in [0.15, 0.2) is 0 Å². The lowest BCUT2D eigenvalue weighted by molar-refractivity contribution is -0.00100. The highest BCUT2D eigenvalue weighted by atomic mass is 35.5. The predicted molar refractivity (Wildman–Crippen MR) is 76.6 cm³/mol. The third-order valence-electron chi connectivity index (χ3n) is 4.49. The quantitative estimate of drug-likeness (QED) is 0.539. The van der Waals surface area contributed by atoms with Crippen LogP contribution in [0.3, 0.4) is 0 Å². The number of hydrogen-bond acceptors (Lipinski definition) is 2. The molecular weight excluding hydrogens is 334 g/mol. The zero-order valence-corrected chi connectivity index (χ0v) is 14.0. The minimum atomic E-state index is -0.299. The molecule has 2 fully saturated rings. The van der Waals surface area contributed by atoms with Gasteiger partial charge in [0.1, 0.15) is 5.82 Å². The highest BCUT2D eigenvalue weighted by molar-refractivity contribution is 6.33. The smallest absolute Gasteiger partial charge is 0.133 e. The van der Waals surface area contributed by atoms with Crippen molar-refractivity contribution in [2.75, 3.05) is 7.05 Å². The van der Waals surface area contributed by atoms with Gasteiger partial charge in [-0.05, 0) is 44.9 Å². The van der Waals surface area contributed by atoms with Crippen LogP contribution in [0.2, 0.25) is 5.02 Å². The number of hydrogen-bond donors (Lipinski definition) is 0. The van der Waals surface area contributed by atoms with Gasteiger partial charge in [-0.25, -0.2) is 4.39 Å². The van der Waals surface area contributed by atoms with E-state index < -0.39 is 0 Å². The van der Waals surface area contributed by atoms with Crippen LogP contribution in [-0.2, 0) is 0 Å². The highest BCUT2D eigenvalue weighted by Crippen LogP contribution is 2.35. The summed E-state index contributed by atoms with van der Waals surface area (Å²) in [4.78, 5) is 7.05. The minimum absolute atomic E-state index is 0. The van der Waals surface area contributed by atoms with E-state index in [1.54, 1.807) is 18.3 Å². The number of fused-ring (bicyclic) bond motifs is 2. The topological polar surface area (TPSA) is 15.6 Å². The second kappa shape index (κ2) is 7.77. The lowest BCUT2D eigenvalue weighted by Crippen LogP contribution is -3.00. The highest BCUT2D eigenvalue weighted by Gasteiger charge is 2.38. The van der Waals surface area contributed by atoms with Gasteiger partial charge in [-0.3, -0.25) is 4.99 Å². The van der Waals surface area contributed by atoms with Crippen molar-refractivity contribution in [3.8, 4) is 0 Å². The second-order valence-corrected chi connectivity index (χ2v) is 6.00. The fraction of sp³-hybridized carbons (Fsp3) is 0.533. The fourth-order valence-electron chi connectivity index (χ4n) is 3.32. The second-order valence-electron chi connectivity index (χ2n) is 5.59. The van der Waals surface area contributed by atoms with Crippen LogP contribution in [0.25, 0.3) is 0 Å². The first-order valence-corrected chi connectivity index (χ1v) is 7.22. The normalized spacial score (nSPS) is 28.2. The Morgan fingerprint density at radius 3 is 2.43 bits per heavy atom. The van der Waals surface area contributed by atoms with Crippen molar-refractivity contribution in [2.45, 2.75) is 43.8 Å². The number of benzene rings is 1. The van der Waals surface area contributed by atoms with E-state index in [0.29, 0.717) is 28.7 Å². The Kier molecular flexibility index (Phi) is 6.92. The number of nitrogens with zero attached hydrogens (tertiary/aromatic N) is 2. The van der Waals surface area contributed by atoms with Gasteiger partial charge in [-0.2, -0.15) is 0 Å². The van der Waals surface area contributed by atoms with E-state index in [1.165, 1.54) is 18.9 Å². The molecule has 2 bridgehead atoms. The van der Waals surface area contributed by atoms with Crippen LogP contribution in [0.15, 0.2) is 23.2 Å². The predicted octanol–water partition coefficient (Wildman–Crippen LogP) is -2.47. The summed E-state index contributed by atoms with van der Waals surface area (Å²) in [5, 5.41) is 0.430. The van der Waals surface area contributed by atoms with Gasteiger partial charge >= 0.3 is 0 Å². The molecule has 2 aliphatic heterocycles. The molecule has 21 heavy (non-hydrogen) atoms. The zero-order valence-electron chi connectivity index (χ0n) is 11.8. The summed E-state index contributed by atoms with van der Waals surface area (Å²) in [5.74, 6) is -0.299. The molecule has 118 valence electrons. The van der Waals surface area contributed by atoms with E-state index in [9.17, 15) is 4.39 Å². The molecule has 0 radical (unpaired) electrons. The van der Waals surface area contributed by atoms with Gasteiger partial charge in [-0.15, -0.1) is 0 Å². The summed E-state index contributed by atoms with van der Waals surface area (Å²) in [6.07, 6.45) is 6.32. The number of aliphatic imine (C=N–C) groups is 1. The Balaban J connectivity index is 0.00000110. The molecule has 0 N–H and O–H groups in total. The van der Waals surface area contributed by atoms with Crippen molar-refractivity contribution in [1.29, 1.82) is 0 Å². The van der Waals surface area contributed by atoms with Gasteiger partial charge in [0, 0.05) is 23.9 Å². The van der Waals surface area contributed by atoms with Crippen LogP contribution in [0.1, 0.15) is 31.2 Å². The van der Waals surface area contributed by atoms with Crippen molar-refractivity contribution in [3.63, 3.8) is 0 Å². The zero-order chi connectivity index (χ0) is 13.4. The summed E-state index contributed by atoms with van der Waals surface area (Å²) in [7, 11) is 2.20. The first-order valence-electron chi connectivity index (χ1n) is 6.84. The van der Waals surface area contributed by atoms with E-state index in [1.807, 2.05) is 0 Å². The molecule has 1 aromatic carbocycles. The Morgan fingerprint density at radius 2 is 1.86 bits per heavy atom. The molecular formula is C15H18Cl3FN2-2. The largest absolute Gasteiger partial charge is 1.00 e. The molecule has 6 heteroatoms. The number of rotatable bonds is 2. The first kappa shape index (κ1) is 18.7. The summed E-state index contributed by atoms with van der Waals surface area (Å²) in [5.41, 5.74) is 0.412. The van der Waals surface area contributed by atoms with E-state index in [2.05, 4.69) is 16.9 Å². The van der Waals surface area contributed by atoms with Crippen LogP contribution in [0, 0.1) is 5.82 Å². The average molecular weight is 352 g/mol. The van der Waals surface area contributed by atoms with E-state index in [-0.39, 0.29) is 30.6 Å². The first-order chi connectivity index (χ1) is 9.15. The van der Waals surface area contributed by atoms with Crippen molar-refractivity contribution in [2.24, 2.45) is 4.99 Å². The molecule has 0 aromatic heterocycles. The Hall–Kier alpha value is -0.350. The van der Waals surface area contributed by atoms with Gasteiger partial charge in [0.05, 0.1) is 11.1 Å². The van der Waals surface area contributed by atoms with Crippen molar-refractivity contribution >= 4 is 17.8 Å². The summed E-state index contributed by atoms with van der Waals surface area (Å²) >= 11 is 6.00. The fourth-order valence-corrected chi connectivity index (χ4v) is 3.53. The molecule has 2 atom stereocenters. The van der Waals surface area contributed by atoms with Crippen LogP contribution in [0.5, 0.6) is 0 Å². The summed E-state index contributed by atoms with van der Waals surface area (Å²) in [6.45, 7) is 0. The molecule has 2 unspecified atom stereocenters. The number of piperidine rings is 1. The standard InChI is InChI=1S/C15H18ClFN2.2ClH/c1-19-11-5-6-12(19)8-10(7-11)18-9-13-14(16)3-2-4-15(13)17;;/h2-4,9-12H,5-8H2,1H3;2*1H/p-2. The molecule has 0 aliphatic carbocycles. The van der Waals surface area contributed by atoms with Crippen LogP contribution in [0.4, 0.5) is 4.39 Å². The Labute approximate surface area is 142 Å². The molecule has 3 rings (SSSR count). The lowest BCUT2D eigenvalue weighted by atomic mass is 9.98. The molecule has 2 saturated heterocycles. The molecule has 1 aromatic rings. The maximum absolute atomic E-state index is 13.6. The summed E-state index contributed by atoms with van der Waals surface area (Å²) < 4.78 is 13.6. The average Bonchev–Trinajstić information content (AvgIpc) is 2.62. The van der Waals surface area contributed by atoms with E-state index >= 15 is 0 Å². The van der Waals surface area contributed by atoms with Gasteiger partial charge in [0.2, 0.25) is 0 Å². The third kappa shape index (κ3) is 3.89. The maximum atomic E-state index is 13.6. The van der Waals surface area contributed by atoms with Gasteiger partial charge < -0.3 is 29.7 Å². The molecule has 2 aliphatic rings. The lowest BCUT2D eigenvalue weighted by Gasteiger charge is -2.34. The molecule has 0 spiro atoms. The number of halogens is 4. The molecule has 2 heterocycles. The van der Waals surface area contributed by atoms with Crippen molar-refractivity contribution in [3.05, 3.63) is 34.6 Å². The SMILES string of the molecule is CN1C2CCC1CC(N=Cc1c(F)cccc1Cl)C2.[Cl-].[Cl-]. The van der Waals surface area contributed by atoms with Gasteiger partial charge in [-0.1, -0.05) is 17.7 Å². The van der Waals surface area contributed by atoms with Crippen LogP contribution >= 0.6 is 11.6 Å². The van der Waals surface area contributed by atoms with Gasteiger partial charge in [0.25, 0.3) is 0 Å². The molecule has 2 nitrogen and oxygen atoms in total. The van der Waals surface area contributed by atoms with E-state index in [4.69, 9.17) is 11.6 Å². The van der Waals surface area contributed by atoms with Crippen LogP contribution in [-0.4, -0.2) is 36.3 Å². The maximum Gasteiger partial charge on any atom is 0.133 e. The van der Waals surface area contributed by atoms with Crippen molar-refractivity contribution < 1.29 is 29.2 Å². The monoisotopic (exact) mass is 350 g/mol. The third-order valence-corrected chi connectivity index (χ3v) is 4.82. The van der Waals surface area contributed by atoms with Crippen molar-refractivity contribution in [1.82, 2.24) is 4.90 Å².